The second kappa shape index (κ2) is 13.3. The van der Waals surface area contributed by atoms with Crippen LogP contribution < -0.4 is 0 Å². The average Bonchev–Trinajstić information content (AvgIpc) is 2.82. The molecule has 0 spiro atoms. The van der Waals surface area contributed by atoms with Gasteiger partial charge in [0.15, 0.2) is 24.6 Å². The number of hydrogen-bond acceptors (Lipinski definition) is 11. The number of rotatable bonds is 11. The third kappa shape index (κ3) is 7.02. The summed E-state index contributed by atoms with van der Waals surface area (Å²) in [5.74, 6) is 2.54. The minimum Gasteiger partial charge on any atom is -0.470 e. The van der Waals surface area contributed by atoms with Crippen molar-refractivity contribution in [2.75, 3.05) is 34.0 Å². The van der Waals surface area contributed by atoms with Gasteiger partial charge in [0.25, 0.3) is 5.90 Å². The molecule has 1 aliphatic rings. The van der Waals surface area contributed by atoms with Gasteiger partial charge in [-0.15, -0.1) is 6.42 Å². The second-order valence-corrected chi connectivity index (χ2v) is 6.08. The summed E-state index contributed by atoms with van der Waals surface area (Å²) in [5, 5.41) is 19.9. The van der Waals surface area contributed by atoms with Crippen molar-refractivity contribution < 1.29 is 28.9 Å². The molecule has 0 saturated heterocycles. The van der Waals surface area contributed by atoms with Crippen LogP contribution in [0.2, 0.25) is 0 Å². The highest BCUT2D eigenvalue weighted by Gasteiger charge is 2.21. The van der Waals surface area contributed by atoms with E-state index < -0.39 is 0 Å². The third-order valence-corrected chi connectivity index (χ3v) is 3.86. The fourth-order valence-corrected chi connectivity index (χ4v) is 2.53. The number of nitrogens with zero attached hydrogens (tertiary/aromatic N) is 5. The highest BCUT2D eigenvalue weighted by molar-refractivity contribution is 6.67. The van der Waals surface area contributed by atoms with Crippen molar-refractivity contribution in [2.45, 2.75) is 20.5 Å². The average molecular weight is 443 g/mol. The van der Waals surface area contributed by atoms with Crippen LogP contribution in [-0.2, 0) is 35.5 Å². The molecule has 1 aromatic rings. The van der Waals surface area contributed by atoms with E-state index in [1.165, 1.54) is 14.2 Å². The van der Waals surface area contributed by atoms with E-state index in [9.17, 15) is 0 Å². The van der Waals surface area contributed by atoms with Crippen LogP contribution in [0.4, 0.5) is 0 Å². The maximum absolute atomic E-state index is 5.56. The van der Waals surface area contributed by atoms with Gasteiger partial charge in [0.2, 0.25) is 0 Å². The molecule has 2 rings (SSSR count). The Balaban J connectivity index is 2.20. The Kier molecular flexibility index (Phi) is 10.0. The van der Waals surface area contributed by atoms with Crippen LogP contribution in [0.5, 0.6) is 0 Å². The van der Waals surface area contributed by atoms with Gasteiger partial charge in [-0.3, -0.25) is 0 Å². The van der Waals surface area contributed by atoms with E-state index in [4.69, 9.17) is 35.3 Å². The summed E-state index contributed by atoms with van der Waals surface area (Å²) in [5.41, 5.74) is 3.04. The molecule has 11 heteroatoms. The lowest BCUT2D eigenvalue weighted by Gasteiger charge is -2.16. The van der Waals surface area contributed by atoms with Gasteiger partial charge in [-0.1, -0.05) is 50.8 Å². The number of hydrogen-bond donors (Lipinski definition) is 0. The summed E-state index contributed by atoms with van der Waals surface area (Å²) >= 11 is 0. The lowest BCUT2D eigenvalue weighted by atomic mass is 10.0. The van der Waals surface area contributed by atoms with Crippen molar-refractivity contribution in [1.82, 2.24) is 0 Å². The molecular weight excluding hydrogens is 418 g/mol. The first-order valence-electron chi connectivity index (χ1n) is 9.53. The molecule has 0 saturated carbocycles. The normalized spacial score (nSPS) is 15.0. The van der Waals surface area contributed by atoms with Gasteiger partial charge >= 0.3 is 0 Å². The molecule has 1 aromatic carbocycles. The molecule has 0 N–H and O–H groups in total. The summed E-state index contributed by atoms with van der Waals surface area (Å²) in [7, 11) is 2.85. The summed E-state index contributed by atoms with van der Waals surface area (Å²) < 4.78 is 5.55. The van der Waals surface area contributed by atoms with Gasteiger partial charge in [0, 0.05) is 11.1 Å². The molecule has 0 fully saturated rings. The number of oxime groups is 5. The molecule has 170 valence electrons. The quantitative estimate of drug-likeness (QED) is 0.224. The van der Waals surface area contributed by atoms with Crippen LogP contribution in [0.3, 0.4) is 0 Å². The monoisotopic (exact) mass is 443 g/mol. The highest BCUT2D eigenvalue weighted by atomic mass is 16.7. The Labute approximate surface area is 186 Å². The maximum atomic E-state index is 5.56. The van der Waals surface area contributed by atoms with Gasteiger partial charge in [-0.2, -0.15) is 0 Å². The summed E-state index contributed by atoms with van der Waals surface area (Å²) in [6.07, 6.45) is 5.15. The molecule has 0 bridgehead atoms. The summed E-state index contributed by atoms with van der Waals surface area (Å²) in [4.78, 5) is 25.5. The standard InChI is InChI=1S/C21H25N5O6/c1-6-11-30-22-15(2)19(24-27-4)16(3)23-32-14-17-9-7-8-10-18(17)20(25-28-5)21-26-31-13-12-29-21/h1,7-10H,11-14H2,2-5H3/b22-15+,23-16+,24-19+,25-20+. The molecule has 1 aliphatic heterocycles. The van der Waals surface area contributed by atoms with E-state index in [0.717, 1.165) is 5.56 Å². The van der Waals surface area contributed by atoms with Crippen LogP contribution in [0.1, 0.15) is 25.0 Å². The molecule has 0 radical (unpaired) electrons. The van der Waals surface area contributed by atoms with Crippen molar-refractivity contribution in [2.24, 2.45) is 25.8 Å². The second-order valence-electron chi connectivity index (χ2n) is 6.08. The molecular formula is C21H25N5O6. The van der Waals surface area contributed by atoms with Crippen molar-refractivity contribution in [3.05, 3.63) is 35.4 Å². The smallest absolute Gasteiger partial charge is 0.280 e. The Morgan fingerprint density at radius 2 is 1.75 bits per heavy atom. The Morgan fingerprint density at radius 3 is 2.41 bits per heavy atom. The highest BCUT2D eigenvalue weighted by Crippen LogP contribution is 2.15. The molecule has 1 heterocycles. The Bertz CT molecular complexity index is 962. The van der Waals surface area contributed by atoms with E-state index >= 15 is 0 Å². The van der Waals surface area contributed by atoms with E-state index in [0.29, 0.717) is 41.6 Å². The summed E-state index contributed by atoms with van der Waals surface area (Å²) in [6, 6.07) is 7.41. The predicted molar refractivity (Wildman–Crippen MR) is 120 cm³/mol. The molecule has 0 aliphatic carbocycles. The number of ether oxygens (including phenoxy) is 1. The first-order valence-corrected chi connectivity index (χ1v) is 9.53. The number of benzene rings is 1. The lowest BCUT2D eigenvalue weighted by Crippen LogP contribution is -2.26. The van der Waals surface area contributed by atoms with E-state index in [2.05, 4.69) is 31.7 Å². The Hall–Kier alpha value is -4.07. The van der Waals surface area contributed by atoms with Crippen LogP contribution in [-0.4, -0.2) is 62.8 Å². The van der Waals surface area contributed by atoms with E-state index in [1.54, 1.807) is 13.8 Å². The van der Waals surface area contributed by atoms with Gasteiger partial charge < -0.3 is 28.9 Å². The number of terminal acetylenes is 1. The van der Waals surface area contributed by atoms with Crippen LogP contribution in [0.15, 0.2) is 50.0 Å². The van der Waals surface area contributed by atoms with E-state index in [-0.39, 0.29) is 19.1 Å². The van der Waals surface area contributed by atoms with Gasteiger partial charge in [0.05, 0.1) is 0 Å². The van der Waals surface area contributed by atoms with Crippen molar-refractivity contribution in [3.8, 4) is 12.3 Å². The largest absolute Gasteiger partial charge is 0.470 e. The van der Waals surface area contributed by atoms with Gasteiger partial charge in [0.1, 0.15) is 38.9 Å². The predicted octanol–water partition coefficient (Wildman–Crippen LogP) is 2.32. The minimum absolute atomic E-state index is 0.0342. The molecule has 32 heavy (non-hydrogen) atoms. The molecule has 0 amide bonds. The zero-order valence-electron chi connectivity index (χ0n) is 18.4. The zero-order valence-corrected chi connectivity index (χ0v) is 18.4. The maximum Gasteiger partial charge on any atom is 0.280 e. The van der Waals surface area contributed by atoms with Gasteiger partial charge in [-0.25, -0.2) is 0 Å². The fourth-order valence-electron chi connectivity index (χ4n) is 2.53. The zero-order chi connectivity index (χ0) is 23.2. The molecule has 0 atom stereocenters. The minimum atomic E-state index is 0.0342. The van der Waals surface area contributed by atoms with E-state index in [1.807, 2.05) is 24.3 Å². The van der Waals surface area contributed by atoms with Crippen LogP contribution in [0, 0.1) is 12.3 Å². The first kappa shape index (κ1) is 24.2. The Morgan fingerprint density at radius 1 is 1.03 bits per heavy atom. The summed E-state index contributed by atoms with van der Waals surface area (Å²) in [6.45, 7) is 4.26. The topological polar surface area (TPSA) is 117 Å². The third-order valence-electron chi connectivity index (χ3n) is 3.86. The first-order chi connectivity index (χ1) is 15.6. The SMILES string of the molecule is C#CCO/N=C(C)/C(=N\OC)C(/C)=N/OCc1ccccc1/C(=N\OC)C1=NOCCO1. The van der Waals surface area contributed by atoms with Crippen molar-refractivity contribution >= 4 is 28.7 Å². The molecule has 11 nitrogen and oxygen atoms in total. The van der Waals surface area contributed by atoms with Crippen molar-refractivity contribution in [3.63, 3.8) is 0 Å². The molecule has 0 unspecified atom stereocenters. The van der Waals surface area contributed by atoms with Crippen molar-refractivity contribution in [1.29, 1.82) is 0 Å². The fraction of sp³-hybridized carbons (Fsp3) is 0.381. The van der Waals surface area contributed by atoms with Gasteiger partial charge in [-0.05, 0) is 19.0 Å². The molecule has 0 aromatic heterocycles. The van der Waals surface area contributed by atoms with Crippen LogP contribution in [0.25, 0.3) is 0 Å². The lowest BCUT2D eigenvalue weighted by molar-refractivity contribution is 0.0672. The van der Waals surface area contributed by atoms with Crippen LogP contribution >= 0.6 is 0 Å².